The standard InChI is InChI=1S/C7H12N2O4S/c1-7(2,3)5-4-6(8-13-5)9-14(10,11)12/h4H,1-3H3,(H,8,9)(H,10,11,12). The van der Waals surface area contributed by atoms with Crippen molar-refractivity contribution in [1.29, 1.82) is 0 Å². The molecule has 2 N–H and O–H groups in total. The van der Waals surface area contributed by atoms with Crippen LogP contribution in [-0.4, -0.2) is 18.1 Å². The van der Waals surface area contributed by atoms with Crippen molar-refractivity contribution in [2.75, 3.05) is 4.72 Å². The number of aromatic nitrogens is 1. The molecular formula is C7H12N2O4S. The lowest BCUT2D eigenvalue weighted by atomic mass is 9.93. The molecular weight excluding hydrogens is 208 g/mol. The van der Waals surface area contributed by atoms with Crippen LogP contribution < -0.4 is 4.72 Å². The molecule has 0 aliphatic rings. The van der Waals surface area contributed by atoms with E-state index in [1.54, 1.807) is 4.72 Å². The SMILES string of the molecule is CC(C)(C)c1cc(NS(=O)(=O)O)no1. The fourth-order valence-corrected chi connectivity index (χ4v) is 1.17. The maximum atomic E-state index is 10.4. The Morgan fingerprint density at radius 2 is 2.07 bits per heavy atom. The Labute approximate surface area is 82.2 Å². The molecule has 0 bridgehead atoms. The van der Waals surface area contributed by atoms with Crippen LogP contribution >= 0.6 is 0 Å². The minimum Gasteiger partial charge on any atom is -0.359 e. The summed E-state index contributed by atoms with van der Waals surface area (Å²) < 4.78 is 36.0. The molecule has 80 valence electrons. The monoisotopic (exact) mass is 220 g/mol. The van der Waals surface area contributed by atoms with E-state index in [2.05, 4.69) is 5.16 Å². The van der Waals surface area contributed by atoms with E-state index in [-0.39, 0.29) is 11.2 Å². The lowest BCUT2D eigenvalue weighted by Gasteiger charge is -2.11. The topological polar surface area (TPSA) is 92.4 Å². The van der Waals surface area contributed by atoms with Gasteiger partial charge in [-0.25, -0.2) is 4.72 Å². The maximum Gasteiger partial charge on any atom is 0.358 e. The molecule has 0 saturated carbocycles. The Morgan fingerprint density at radius 3 is 2.43 bits per heavy atom. The Balaban J connectivity index is 2.90. The van der Waals surface area contributed by atoms with Crippen LogP contribution in [0.25, 0.3) is 0 Å². The van der Waals surface area contributed by atoms with Gasteiger partial charge in [-0.1, -0.05) is 25.9 Å². The largest absolute Gasteiger partial charge is 0.359 e. The van der Waals surface area contributed by atoms with Gasteiger partial charge >= 0.3 is 10.3 Å². The summed E-state index contributed by atoms with van der Waals surface area (Å²) in [5.41, 5.74) is -0.258. The number of hydrogen-bond donors (Lipinski definition) is 2. The van der Waals surface area contributed by atoms with Crippen molar-refractivity contribution in [2.45, 2.75) is 26.2 Å². The molecule has 0 radical (unpaired) electrons. The van der Waals surface area contributed by atoms with Gasteiger partial charge in [0.15, 0.2) is 5.82 Å². The van der Waals surface area contributed by atoms with E-state index >= 15 is 0 Å². The van der Waals surface area contributed by atoms with E-state index < -0.39 is 10.3 Å². The lowest BCUT2D eigenvalue weighted by molar-refractivity contribution is 0.331. The van der Waals surface area contributed by atoms with Gasteiger partial charge in [0.25, 0.3) is 0 Å². The summed E-state index contributed by atoms with van der Waals surface area (Å²) in [6, 6.07) is 1.42. The first-order valence-corrected chi connectivity index (χ1v) is 5.35. The van der Waals surface area contributed by atoms with Crippen molar-refractivity contribution in [3.63, 3.8) is 0 Å². The number of hydrogen-bond acceptors (Lipinski definition) is 4. The average Bonchev–Trinajstić information content (AvgIpc) is 2.29. The highest BCUT2D eigenvalue weighted by Crippen LogP contribution is 2.24. The highest BCUT2D eigenvalue weighted by Gasteiger charge is 2.20. The van der Waals surface area contributed by atoms with Crippen LogP contribution in [0, 0.1) is 0 Å². The van der Waals surface area contributed by atoms with Gasteiger partial charge in [0.1, 0.15) is 5.76 Å². The summed E-state index contributed by atoms with van der Waals surface area (Å²) in [4.78, 5) is 0. The zero-order valence-electron chi connectivity index (χ0n) is 8.10. The van der Waals surface area contributed by atoms with E-state index in [9.17, 15) is 8.42 Å². The summed E-state index contributed by atoms with van der Waals surface area (Å²) in [5, 5.41) is 3.44. The van der Waals surface area contributed by atoms with Crippen LogP contribution in [0.4, 0.5) is 5.82 Å². The molecule has 14 heavy (non-hydrogen) atoms. The van der Waals surface area contributed by atoms with Gasteiger partial charge in [0, 0.05) is 11.5 Å². The zero-order valence-corrected chi connectivity index (χ0v) is 8.92. The van der Waals surface area contributed by atoms with E-state index in [0.717, 1.165) is 0 Å². The highest BCUT2D eigenvalue weighted by molar-refractivity contribution is 7.87. The van der Waals surface area contributed by atoms with E-state index in [4.69, 9.17) is 9.08 Å². The van der Waals surface area contributed by atoms with E-state index in [0.29, 0.717) is 5.76 Å². The minimum absolute atomic E-state index is 0.0302. The Kier molecular flexibility index (Phi) is 2.55. The molecule has 6 nitrogen and oxygen atoms in total. The molecule has 1 aromatic rings. The molecule has 1 aromatic heterocycles. The smallest absolute Gasteiger partial charge is 0.358 e. The number of nitrogens with zero attached hydrogens (tertiary/aromatic N) is 1. The first-order chi connectivity index (χ1) is 6.18. The number of nitrogens with one attached hydrogen (secondary N) is 1. The second-order valence-electron chi connectivity index (χ2n) is 3.90. The molecule has 0 aromatic carbocycles. The quantitative estimate of drug-likeness (QED) is 0.730. The van der Waals surface area contributed by atoms with Gasteiger partial charge in [0.05, 0.1) is 0 Å². The first kappa shape index (κ1) is 11.0. The van der Waals surface area contributed by atoms with Crippen molar-refractivity contribution in [3.05, 3.63) is 11.8 Å². The Bertz CT molecular complexity index is 415. The summed E-state index contributed by atoms with van der Waals surface area (Å²) in [7, 11) is -4.28. The van der Waals surface area contributed by atoms with Gasteiger partial charge in [-0.3, -0.25) is 4.55 Å². The highest BCUT2D eigenvalue weighted by atomic mass is 32.2. The lowest BCUT2D eigenvalue weighted by Crippen LogP contribution is -2.11. The molecule has 0 amide bonds. The van der Waals surface area contributed by atoms with Gasteiger partial charge in [-0.15, -0.1) is 0 Å². The molecule has 0 atom stereocenters. The summed E-state index contributed by atoms with van der Waals surface area (Å²) in [6.45, 7) is 5.68. The van der Waals surface area contributed by atoms with Crippen LogP contribution in [0.3, 0.4) is 0 Å². The fraction of sp³-hybridized carbons (Fsp3) is 0.571. The van der Waals surface area contributed by atoms with Crippen molar-refractivity contribution in [1.82, 2.24) is 5.16 Å². The number of rotatable bonds is 2. The third kappa shape index (κ3) is 3.00. The predicted octanol–water partition coefficient (Wildman–Crippen LogP) is 1.19. The molecule has 0 aliphatic heterocycles. The second-order valence-corrected chi connectivity index (χ2v) is 5.06. The van der Waals surface area contributed by atoms with Crippen molar-refractivity contribution < 1.29 is 17.5 Å². The zero-order chi connectivity index (χ0) is 11.0. The molecule has 0 aliphatic carbocycles. The minimum atomic E-state index is -4.28. The third-order valence-corrected chi connectivity index (χ3v) is 1.95. The van der Waals surface area contributed by atoms with Crippen molar-refractivity contribution in [3.8, 4) is 0 Å². The normalized spacial score (nSPS) is 12.9. The van der Waals surface area contributed by atoms with E-state index in [1.807, 2.05) is 20.8 Å². The van der Waals surface area contributed by atoms with Crippen LogP contribution in [0.2, 0.25) is 0 Å². The van der Waals surface area contributed by atoms with Gasteiger partial charge in [-0.2, -0.15) is 8.42 Å². The molecule has 0 saturated heterocycles. The van der Waals surface area contributed by atoms with E-state index in [1.165, 1.54) is 6.07 Å². The molecule has 0 spiro atoms. The molecule has 1 heterocycles. The van der Waals surface area contributed by atoms with Crippen LogP contribution in [0.15, 0.2) is 10.6 Å². The van der Waals surface area contributed by atoms with Crippen molar-refractivity contribution in [2.24, 2.45) is 0 Å². The molecule has 0 unspecified atom stereocenters. The summed E-state index contributed by atoms with van der Waals surface area (Å²) in [6.07, 6.45) is 0. The van der Waals surface area contributed by atoms with Crippen LogP contribution in [-0.2, 0) is 15.7 Å². The van der Waals surface area contributed by atoms with Gasteiger partial charge < -0.3 is 4.52 Å². The molecule has 1 rings (SSSR count). The van der Waals surface area contributed by atoms with Crippen LogP contribution in [0.1, 0.15) is 26.5 Å². The van der Waals surface area contributed by atoms with Gasteiger partial charge in [-0.05, 0) is 0 Å². The van der Waals surface area contributed by atoms with Crippen molar-refractivity contribution >= 4 is 16.1 Å². The maximum absolute atomic E-state index is 10.4. The second kappa shape index (κ2) is 3.25. The summed E-state index contributed by atoms with van der Waals surface area (Å²) in [5.74, 6) is 0.501. The molecule has 0 fully saturated rings. The average molecular weight is 220 g/mol. The summed E-state index contributed by atoms with van der Waals surface area (Å²) >= 11 is 0. The van der Waals surface area contributed by atoms with Crippen LogP contribution in [0.5, 0.6) is 0 Å². The predicted molar refractivity (Wildman–Crippen MR) is 50.4 cm³/mol. The fourth-order valence-electron chi connectivity index (χ4n) is 0.809. The Hall–Kier alpha value is -1.08. The number of anilines is 1. The third-order valence-electron chi connectivity index (χ3n) is 1.48. The Morgan fingerprint density at radius 1 is 1.50 bits per heavy atom. The first-order valence-electron chi connectivity index (χ1n) is 3.91. The molecule has 7 heteroatoms. The van der Waals surface area contributed by atoms with Gasteiger partial charge in [0.2, 0.25) is 0 Å².